The Balaban J connectivity index is 2.20. The lowest BCUT2D eigenvalue weighted by atomic mass is 10.2. The molecule has 0 saturated heterocycles. The van der Waals surface area contributed by atoms with Gasteiger partial charge in [0.2, 0.25) is 0 Å². The topological polar surface area (TPSA) is 129 Å². The van der Waals surface area contributed by atoms with Gasteiger partial charge in [-0.3, -0.25) is 14.6 Å². The second-order valence-electron chi connectivity index (χ2n) is 5.00. The highest BCUT2D eigenvalue weighted by molar-refractivity contribution is 7.99. The molecular weight excluding hydrogens is 360 g/mol. The maximum absolute atomic E-state index is 12.4. The van der Waals surface area contributed by atoms with Crippen molar-refractivity contribution in [3.8, 4) is 11.5 Å². The lowest BCUT2D eigenvalue weighted by Gasteiger charge is -2.11. The molecule has 0 fully saturated rings. The Morgan fingerprint density at radius 1 is 1.27 bits per heavy atom. The van der Waals surface area contributed by atoms with Crippen LogP contribution in [0.15, 0.2) is 28.2 Å². The number of hydrogen-bond acceptors (Lipinski definition) is 8. The van der Waals surface area contributed by atoms with E-state index in [-0.39, 0.29) is 17.1 Å². The number of H-pyrrole nitrogens is 1. The van der Waals surface area contributed by atoms with Gasteiger partial charge in [0.05, 0.1) is 20.8 Å². The van der Waals surface area contributed by atoms with Crippen LogP contribution >= 0.6 is 11.8 Å². The van der Waals surface area contributed by atoms with Crippen molar-refractivity contribution in [2.75, 3.05) is 44.7 Å². The minimum Gasteiger partial charge on any atom is -0.493 e. The molecule has 4 N–H and O–H groups in total. The van der Waals surface area contributed by atoms with Crippen molar-refractivity contribution in [1.29, 1.82) is 0 Å². The summed E-state index contributed by atoms with van der Waals surface area (Å²) in [6.07, 6.45) is 0. The highest BCUT2D eigenvalue weighted by atomic mass is 32.2. The summed E-state index contributed by atoms with van der Waals surface area (Å²) in [5.41, 5.74) is 5.45. The number of ether oxygens (including phenoxy) is 3. The molecule has 0 aliphatic carbocycles. The molecular formula is C16H20N4O5S. The molecule has 1 amide bonds. The van der Waals surface area contributed by atoms with Crippen LogP contribution in [0.4, 0.5) is 11.5 Å². The van der Waals surface area contributed by atoms with Crippen molar-refractivity contribution in [3.05, 3.63) is 34.1 Å². The minimum absolute atomic E-state index is 0.0671. The average molecular weight is 380 g/mol. The minimum atomic E-state index is -0.536. The lowest BCUT2D eigenvalue weighted by molar-refractivity contribution is 0.102. The van der Waals surface area contributed by atoms with Gasteiger partial charge in [-0.15, -0.1) is 0 Å². The lowest BCUT2D eigenvalue weighted by Crippen LogP contribution is -2.23. The summed E-state index contributed by atoms with van der Waals surface area (Å²) in [6.45, 7) is 0.506. The number of nitrogens with one attached hydrogen (secondary N) is 2. The van der Waals surface area contributed by atoms with E-state index in [0.717, 1.165) is 0 Å². The number of nitrogen functional groups attached to an aromatic ring is 1. The number of aromatic nitrogens is 2. The number of nitrogens with zero attached hydrogens (tertiary/aromatic N) is 1. The van der Waals surface area contributed by atoms with E-state index in [1.807, 2.05) is 0 Å². The van der Waals surface area contributed by atoms with Crippen molar-refractivity contribution in [1.82, 2.24) is 9.97 Å². The summed E-state index contributed by atoms with van der Waals surface area (Å²) < 4.78 is 15.2. The number of carbonyl (C=O) groups excluding carboxylic acids is 1. The predicted molar refractivity (Wildman–Crippen MR) is 99.4 cm³/mol. The van der Waals surface area contributed by atoms with Crippen molar-refractivity contribution in [3.63, 3.8) is 0 Å². The van der Waals surface area contributed by atoms with Crippen LogP contribution in [-0.2, 0) is 4.74 Å². The Morgan fingerprint density at radius 3 is 2.62 bits per heavy atom. The largest absolute Gasteiger partial charge is 0.493 e. The first-order valence-corrected chi connectivity index (χ1v) is 8.53. The second-order valence-corrected chi connectivity index (χ2v) is 6.08. The van der Waals surface area contributed by atoms with Crippen LogP contribution in [0.3, 0.4) is 0 Å². The zero-order chi connectivity index (χ0) is 19.1. The molecule has 0 unspecified atom stereocenters. The van der Waals surface area contributed by atoms with Crippen molar-refractivity contribution in [2.24, 2.45) is 0 Å². The van der Waals surface area contributed by atoms with Crippen LogP contribution in [0.2, 0.25) is 0 Å². The standard InChI is InChI=1S/C16H20N4O5S/c1-23-6-7-26-16-19-13(17)12(15(22)20-16)18-14(21)9-4-5-10(24-2)11(8-9)25-3/h4-5,8H,6-7H2,1-3H3,(H,18,21)(H3,17,19,20,22). The molecule has 0 atom stereocenters. The summed E-state index contributed by atoms with van der Waals surface area (Å²) in [7, 11) is 4.54. The summed E-state index contributed by atoms with van der Waals surface area (Å²) >= 11 is 1.29. The molecule has 0 saturated carbocycles. The molecule has 0 bridgehead atoms. The number of benzene rings is 1. The van der Waals surface area contributed by atoms with Gasteiger partial charge in [-0.2, -0.15) is 0 Å². The number of aromatic amines is 1. The highest BCUT2D eigenvalue weighted by Gasteiger charge is 2.16. The third-order valence-electron chi connectivity index (χ3n) is 3.34. The van der Waals surface area contributed by atoms with Gasteiger partial charge in [0.15, 0.2) is 22.5 Å². The quantitative estimate of drug-likeness (QED) is 0.356. The number of methoxy groups -OCH3 is 3. The molecule has 140 valence electrons. The second kappa shape index (κ2) is 9.11. The monoisotopic (exact) mass is 380 g/mol. The van der Waals surface area contributed by atoms with E-state index >= 15 is 0 Å². The van der Waals surface area contributed by atoms with E-state index in [9.17, 15) is 9.59 Å². The molecule has 0 aliphatic heterocycles. The normalized spacial score (nSPS) is 10.4. The maximum Gasteiger partial charge on any atom is 0.277 e. The van der Waals surface area contributed by atoms with Gasteiger partial charge < -0.3 is 25.3 Å². The third kappa shape index (κ3) is 4.67. The summed E-state index contributed by atoms with van der Waals surface area (Å²) in [4.78, 5) is 31.3. The molecule has 9 nitrogen and oxygen atoms in total. The van der Waals surface area contributed by atoms with Gasteiger partial charge in [0.25, 0.3) is 11.5 Å². The van der Waals surface area contributed by atoms with E-state index in [1.54, 1.807) is 19.2 Å². The van der Waals surface area contributed by atoms with Crippen molar-refractivity contribution in [2.45, 2.75) is 5.16 Å². The molecule has 1 aromatic carbocycles. The van der Waals surface area contributed by atoms with Crippen LogP contribution < -0.4 is 26.1 Å². The van der Waals surface area contributed by atoms with Crippen molar-refractivity contribution < 1.29 is 19.0 Å². The van der Waals surface area contributed by atoms with Gasteiger partial charge in [-0.25, -0.2) is 4.98 Å². The van der Waals surface area contributed by atoms with Crippen LogP contribution in [0.1, 0.15) is 10.4 Å². The zero-order valence-corrected chi connectivity index (χ0v) is 15.4. The van der Waals surface area contributed by atoms with Crippen LogP contribution in [0, 0.1) is 0 Å². The van der Waals surface area contributed by atoms with Gasteiger partial charge >= 0.3 is 0 Å². The van der Waals surface area contributed by atoms with E-state index in [1.165, 1.54) is 32.0 Å². The van der Waals surface area contributed by atoms with Gasteiger partial charge in [0, 0.05) is 18.4 Å². The molecule has 2 aromatic rings. The fraction of sp³-hybridized carbons (Fsp3) is 0.312. The molecule has 0 radical (unpaired) electrons. The fourth-order valence-corrected chi connectivity index (χ4v) is 2.81. The molecule has 2 rings (SSSR count). The number of carbonyl (C=O) groups is 1. The smallest absolute Gasteiger partial charge is 0.277 e. The molecule has 1 aromatic heterocycles. The Hall–Kier alpha value is -2.72. The Morgan fingerprint density at radius 2 is 2.00 bits per heavy atom. The molecule has 10 heteroatoms. The van der Waals surface area contributed by atoms with E-state index in [2.05, 4.69) is 15.3 Å². The molecule has 0 spiro atoms. The predicted octanol–water partition coefficient (Wildman–Crippen LogP) is 1.36. The number of anilines is 2. The summed E-state index contributed by atoms with van der Waals surface area (Å²) in [5, 5.41) is 2.83. The third-order valence-corrected chi connectivity index (χ3v) is 4.17. The molecule has 26 heavy (non-hydrogen) atoms. The number of nitrogens with two attached hydrogens (primary N) is 1. The average Bonchev–Trinajstić information content (AvgIpc) is 2.64. The van der Waals surface area contributed by atoms with Crippen LogP contribution in [0.5, 0.6) is 11.5 Å². The fourth-order valence-electron chi connectivity index (χ4n) is 2.04. The van der Waals surface area contributed by atoms with Crippen LogP contribution in [0.25, 0.3) is 0 Å². The number of thioether (sulfide) groups is 1. The van der Waals surface area contributed by atoms with Gasteiger partial charge in [-0.05, 0) is 18.2 Å². The first-order chi connectivity index (χ1) is 12.5. The first kappa shape index (κ1) is 19.6. The summed E-state index contributed by atoms with van der Waals surface area (Å²) in [6, 6.07) is 4.64. The number of amides is 1. The van der Waals surface area contributed by atoms with E-state index in [0.29, 0.717) is 29.0 Å². The number of hydrogen-bond donors (Lipinski definition) is 3. The first-order valence-electron chi connectivity index (χ1n) is 7.55. The van der Waals surface area contributed by atoms with E-state index < -0.39 is 11.5 Å². The Bertz CT molecular complexity index is 840. The Labute approximate surface area is 154 Å². The zero-order valence-electron chi connectivity index (χ0n) is 14.6. The molecule has 0 aliphatic rings. The van der Waals surface area contributed by atoms with Crippen LogP contribution in [-0.4, -0.2) is 49.6 Å². The number of rotatable bonds is 8. The highest BCUT2D eigenvalue weighted by Crippen LogP contribution is 2.28. The van der Waals surface area contributed by atoms with Gasteiger partial charge in [0.1, 0.15) is 5.69 Å². The van der Waals surface area contributed by atoms with Crippen molar-refractivity contribution >= 4 is 29.2 Å². The van der Waals surface area contributed by atoms with Gasteiger partial charge in [-0.1, -0.05) is 11.8 Å². The SMILES string of the molecule is COCCSc1nc(N)c(NC(=O)c2ccc(OC)c(OC)c2)c(=O)[nH]1. The Kier molecular flexibility index (Phi) is 6.87. The maximum atomic E-state index is 12.4. The summed E-state index contributed by atoms with van der Waals surface area (Å²) in [5.74, 6) is 0.897. The molecule has 1 heterocycles. The van der Waals surface area contributed by atoms with E-state index in [4.69, 9.17) is 19.9 Å².